The van der Waals surface area contributed by atoms with Crippen LogP contribution in [0.4, 0.5) is 0 Å². The third kappa shape index (κ3) is 4.66. The maximum absolute atomic E-state index is 12.5. The van der Waals surface area contributed by atoms with Crippen LogP contribution < -0.4 is 14.2 Å². The van der Waals surface area contributed by atoms with Crippen LogP contribution in [0.15, 0.2) is 46.9 Å². The molecule has 0 bridgehead atoms. The molecule has 0 N–H and O–H groups in total. The molecule has 6 heteroatoms. The number of ether oxygens (including phenoxy) is 3. The number of nitrogens with zero attached hydrogens (tertiary/aromatic N) is 1. The van der Waals surface area contributed by atoms with Gasteiger partial charge < -0.3 is 19.1 Å². The fourth-order valence-electron chi connectivity index (χ4n) is 2.58. The van der Waals surface area contributed by atoms with E-state index in [4.69, 9.17) is 14.2 Å². The standard InChI is InChI=1S/C19H20BrNO4/c1-2-21(19(22)13-25-16-5-3-4-15(20)11-16)12-14-6-7-17-18(10-14)24-9-8-23-17/h3-7,10-11H,2,8-9,12-13H2,1H3. The first-order valence-corrected chi connectivity index (χ1v) is 8.99. The molecule has 0 unspecified atom stereocenters. The Bertz CT molecular complexity index is 750. The Labute approximate surface area is 155 Å². The average molecular weight is 406 g/mol. The first-order chi connectivity index (χ1) is 12.2. The zero-order chi connectivity index (χ0) is 17.6. The predicted octanol–water partition coefficient (Wildman–Crippen LogP) is 3.65. The summed E-state index contributed by atoms with van der Waals surface area (Å²) in [5.74, 6) is 2.09. The molecule has 1 heterocycles. The van der Waals surface area contributed by atoms with Crippen molar-refractivity contribution in [3.8, 4) is 17.2 Å². The predicted molar refractivity (Wildman–Crippen MR) is 98.2 cm³/mol. The number of halogens is 1. The average Bonchev–Trinajstić information content (AvgIpc) is 2.64. The molecule has 0 aromatic heterocycles. The van der Waals surface area contributed by atoms with Gasteiger partial charge in [0.1, 0.15) is 19.0 Å². The van der Waals surface area contributed by atoms with E-state index in [1.807, 2.05) is 49.4 Å². The second kappa shape index (κ2) is 8.25. The quantitative estimate of drug-likeness (QED) is 0.735. The van der Waals surface area contributed by atoms with Crippen LogP contribution in [0.2, 0.25) is 0 Å². The lowest BCUT2D eigenvalue weighted by atomic mass is 10.1. The van der Waals surface area contributed by atoms with E-state index in [-0.39, 0.29) is 12.5 Å². The highest BCUT2D eigenvalue weighted by molar-refractivity contribution is 9.10. The van der Waals surface area contributed by atoms with Crippen molar-refractivity contribution >= 4 is 21.8 Å². The number of hydrogen-bond acceptors (Lipinski definition) is 4. The van der Waals surface area contributed by atoms with Crippen LogP contribution in [0, 0.1) is 0 Å². The largest absolute Gasteiger partial charge is 0.486 e. The van der Waals surface area contributed by atoms with Gasteiger partial charge in [-0.05, 0) is 42.8 Å². The summed E-state index contributed by atoms with van der Waals surface area (Å²) < 4.78 is 17.6. The molecule has 5 nitrogen and oxygen atoms in total. The van der Waals surface area contributed by atoms with Gasteiger partial charge in [-0.2, -0.15) is 0 Å². The smallest absolute Gasteiger partial charge is 0.260 e. The lowest BCUT2D eigenvalue weighted by Crippen LogP contribution is -2.34. The molecule has 1 amide bonds. The Morgan fingerprint density at radius 3 is 2.72 bits per heavy atom. The number of benzene rings is 2. The minimum Gasteiger partial charge on any atom is -0.486 e. The number of fused-ring (bicyclic) bond motifs is 1. The number of likely N-dealkylation sites (N-methyl/N-ethyl adjacent to an activating group) is 1. The summed E-state index contributed by atoms with van der Waals surface area (Å²) in [4.78, 5) is 14.2. The van der Waals surface area contributed by atoms with Crippen LogP contribution in [0.1, 0.15) is 12.5 Å². The highest BCUT2D eigenvalue weighted by Crippen LogP contribution is 2.31. The zero-order valence-corrected chi connectivity index (χ0v) is 15.6. The number of rotatable bonds is 6. The van der Waals surface area contributed by atoms with Gasteiger partial charge in [-0.1, -0.05) is 28.1 Å². The summed E-state index contributed by atoms with van der Waals surface area (Å²) in [6.45, 7) is 4.19. The minimum absolute atomic E-state index is 0.00877. The van der Waals surface area contributed by atoms with E-state index in [1.54, 1.807) is 4.90 Å². The van der Waals surface area contributed by atoms with E-state index < -0.39 is 0 Å². The summed E-state index contributed by atoms with van der Waals surface area (Å²) in [6, 6.07) is 13.2. The topological polar surface area (TPSA) is 48.0 Å². The maximum Gasteiger partial charge on any atom is 0.260 e. The third-order valence-corrected chi connectivity index (χ3v) is 4.37. The summed E-state index contributed by atoms with van der Waals surface area (Å²) in [5, 5.41) is 0. The molecule has 0 spiro atoms. The number of carbonyl (C=O) groups excluding carboxylic acids is 1. The van der Waals surface area contributed by atoms with Crippen molar-refractivity contribution in [1.29, 1.82) is 0 Å². The van der Waals surface area contributed by atoms with Crippen LogP contribution in [0.25, 0.3) is 0 Å². The number of carbonyl (C=O) groups is 1. The number of hydrogen-bond donors (Lipinski definition) is 0. The Balaban J connectivity index is 1.60. The number of amides is 1. The van der Waals surface area contributed by atoms with E-state index in [2.05, 4.69) is 15.9 Å². The van der Waals surface area contributed by atoms with Gasteiger partial charge in [-0.3, -0.25) is 4.79 Å². The maximum atomic E-state index is 12.5. The molecule has 2 aromatic rings. The van der Waals surface area contributed by atoms with Gasteiger partial charge in [-0.25, -0.2) is 0 Å². The van der Waals surface area contributed by atoms with Crippen molar-refractivity contribution < 1.29 is 19.0 Å². The summed E-state index contributed by atoms with van der Waals surface area (Å²) in [6.07, 6.45) is 0. The minimum atomic E-state index is -0.0580. The first kappa shape index (κ1) is 17.6. The van der Waals surface area contributed by atoms with Gasteiger partial charge in [0.15, 0.2) is 18.1 Å². The Kier molecular flexibility index (Phi) is 5.81. The molecule has 0 aliphatic carbocycles. The van der Waals surface area contributed by atoms with E-state index in [1.165, 1.54) is 0 Å². The van der Waals surface area contributed by atoms with Gasteiger partial charge >= 0.3 is 0 Å². The third-order valence-electron chi connectivity index (χ3n) is 3.87. The highest BCUT2D eigenvalue weighted by Gasteiger charge is 2.16. The molecular weight excluding hydrogens is 386 g/mol. The van der Waals surface area contributed by atoms with Crippen molar-refractivity contribution in [3.63, 3.8) is 0 Å². The van der Waals surface area contributed by atoms with Crippen molar-refractivity contribution in [3.05, 3.63) is 52.5 Å². The van der Waals surface area contributed by atoms with Gasteiger partial charge in [0.25, 0.3) is 5.91 Å². The van der Waals surface area contributed by atoms with Gasteiger partial charge in [0.05, 0.1) is 0 Å². The van der Waals surface area contributed by atoms with Crippen molar-refractivity contribution in [1.82, 2.24) is 4.90 Å². The summed E-state index contributed by atoms with van der Waals surface area (Å²) >= 11 is 3.39. The van der Waals surface area contributed by atoms with Crippen molar-refractivity contribution in [2.75, 3.05) is 26.4 Å². The fourth-order valence-corrected chi connectivity index (χ4v) is 2.95. The molecule has 2 aromatic carbocycles. The van der Waals surface area contributed by atoms with Gasteiger partial charge in [0.2, 0.25) is 0 Å². The molecule has 132 valence electrons. The first-order valence-electron chi connectivity index (χ1n) is 8.20. The second-order valence-electron chi connectivity index (χ2n) is 5.63. The Morgan fingerprint density at radius 1 is 1.16 bits per heavy atom. The van der Waals surface area contributed by atoms with E-state index in [9.17, 15) is 4.79 Å². The highest BCUT2D eigenvalue weighted by atomic mass is 79.9. The fraction of sp³-hybridized carbons (Fsp3) is 0.316. The van der Waals surface area contributed by atoms with Gasteiger partial charge in [-0.15, -0.1) is 0 Å². The van der Waals surface area contributed by atoms with Crippen LogP contribution in [0.5, 0.6) is 17.2 Å². The summed E-state index contributed by atoms with van der Waals surface area (Å²) in [5.41, 5.74) is 1.00. The Hall–Kier alpha value is -2.21. The van der Waals surface area contributed by atoms with Crippen LogP contribution in [-0.4, -0.2) is 37.2 Å². The van der Waals surface area contributed by atoms with Crippen LogP contribution in [-0.2, 0) is 11.3 Å². The molecule has 1 aliphatic heterocycles. The lowest BCUT2D eigenvalue weighted by Gasteiger charge is -2.23. The molecule has 3 rings (SSSR count). The molecule has 1 aliphatic rings. The summed E-state index contributed by atoms with van der Waals surface area (Å²) in [7, 11) is 0. The van der Waals surface area contributed by atoms with Crippen molar-refractivity contribution in [2.24, 2.45) is 0 Å². The molecule has 0 atom stereocenters. The van der Waals surface area contributed by atoms with E-state index in [0.29, 0.717) is 32.1 Å². The molecule has 0 radical (unpaired) electrons. The Morgan fingerprint density at radius 2 is 1.96 bits per heavy atom. The SMILES string of the molecule is CCN(Cc1ccc2c(c1)OCCO2)C(=O)COc1cccc(Br)c1. The van der Waals surface area contributed by atoms with Crippen LogP contribution in [0.3, 0.4) is 0 Å². The molecule has 0 fully saturated rings. The molecular formula is C19H20BrNO4. The van der Waals surface area contributed by atoms with Gasteiger partial charge in [0, 0.05) is 17.6 Å². The monoisotopic (exact) mass is 405 g/mol. The molecule has 0 saturated carbocycles. The van der Waals surface area contributed by atoms with Crippen LogP contribution >= 0.6 is 15.9 Å². The zero-order valence-electron chi connectivity index (χ0n) is 14.0. The normalized spacial score (nSPS) is 12.6. The van der Waals surface area contributed by atoms with Crippen molar-refractivity contribution in [2.45, 2.75) is 13.5 Å². The van der Waals surface area contributed by atoms with E-state index in [0.717, 1.165) is 21.5 Å². The van der Waals surface area contributed by atoms with E-state index >= 15 is 0 Å². The second-order valence-corrected chi connectivity index (χ2v) is 6.55. The molecule has 0 saturated heterocycles. The lowest BCUT2D eigenvalue weighted by molar-refractivity contribution is -0.133. The molecule has 25 heavy (non-hydrogen) atoms.